The molecule has 0 saturated carbocycles. The Balaban J connectivity index is 1.31. The number of benzene rings is 2. The van der Waals surface area contributed by atoms with Crippen LogP contribution in [0.1, 0.15) is 58.2 Å². The molecule has 0 spiro atoms. The summed E-state index contributed by atoms with van der Waals surface area (Å²) in [6, 6.07) is 11.8. The number of alkyl halides is 3. The summed E-state index contributed by atoms with van der Waals surface area (Å²) in [5, 5.41) is 17.0. The average Bonchev–Trinajstić information content (AvgIpc) is 3.71. The number of rotatable bonds is 11. The molecule has 2 aromatic carbocycles. The molecule has 3 aliphatic heterocycles. The second kappa shape index (κ2) is 14.5. The number of aromatic nitrogens is 2. The lowest BCUT2D eigenvalue weighted by atomic mass is 9.98. The van der Waals surface area contributed by atoms with E-state index in [0.717, 1.165) is 44.4 Å². The van der Waals surface area contributed by atoms with Gasteiger partial charge in [-0.15, -0.1) is 0 Å². The van der Waals surface area contributed by atoms with Gasteiger partial charge in [0.1, 0.15) is 23.7 Å². The first-order chi connectivity index (χ1) is 24.0. The van der Waals surface area contributed by atoms with E-state index in [9.17, 15) is 32.8 Å². The molecule has 15 heteroatoms. The lowest BCUT2D eigenvalue weighted by molar-refractivity contribution is -0.137. The number of fused-ring (bicyclic) bond motifs is 1. The number of nitrogens with one attached hydrogen (secondary N) is 1. The van der Waals surface area contributed by atoms with E-state index < -0.39 is 41.5 Å². The highest BCUT2D eigenvalue weighted by molar-refractivity contribution is 6.06. The molecule has 3 amide bonds. The van der Waals surface area contributed by atoms with Crippen molar-refractivity contribution in [2.24, 2.45) is 0 Å². The zero-order valence-electron chi connectivity index (χ0n) is 27.8. The zero-order valence-corrected chi connectivity index (χ0v) is 27.8. The van der Waals surface area contributed by atoms with Crippen LogP contribution in [0.15, 0.2) is 48.5 Å². The van der Waals surface area contributed by atoms with E-state index >= 15 is 0 Å². The SMILES string of the molecule is CCN1C(=O)[C@H](NC(=O)c2cccc(C(F)(F)F)c2)Cc2c(C(=O)N3CCC[C@H]3C#N)nn(-c3cccc(OCCCN(C)C4COC4)c3)c21. The first kappa shape index (κ1) is 34.9. The Labute approximate surface area is 287 Å². The highest BCUT2D eigenvalue weighted by Crippen LogP contribution is 2.36. The minimum Gasteiger partial charge on any atom is -0.493 e. The van der Waals surface area contributed by atoms with Crippen LogP contribution in [0.2, 0.25) is 0 Å². The van der Waals surface area contributed by atoms with E-state index in [0.29, 0.717) is 54.9 Å². The summed E-state index contributed by atoms with van der Waals surface area (Å²) in [7, 11) is 2.05. The molecular weight excluding hydrogens is 655 g/mol. The smallest absolute Gasteiger partial charge is 0.416 e. The molecule has 264 valence electrons. The highest BCUT2D eigenvalue weighted by Gasteiger charge is 2.42. The number of carbonyl (C=O) groups excluding carboxylic acids is 3. The molecular formula is C35H38F3N7O5. The fourth-order valence-electron chi connectivity index (χ4n) is 6.49. The van der Waals surface area contributed by atoms with Gasteiger partial charge in [0.2, 0.25) is 0 Å². The fraction of sp³-hybridized carbons (Fsp3) is 0.457. The molecule has 2 saturated heterocycles. The maximum Gasteiger partial charge on any atom is 0.416 e. The van der Waals surface area contributed by atoms with Gasteiger partial charge in [-0.1, -0.05) is 12.1 Å². The standard InChI is InChI=1S/C35H38F3N7O5/c1-3-43-32-28(18-29(33(43)47)40-31(46)22-8-4-9-23(16-22)35(36,37)38)30(34(48)44-14-6-11-25(44)19-39)41-45(32)24-10-5-12-27(17-24)50-15-7-13-42(2)26-20-49-21-26/h4-5,8-10,12,16-17,25-26,29H,3,6-7,11,13-15,18,20-21H2,1-2H3,(H,40,46)/t25-,29+/m0/s1. The summed E-state index contributed by atoms with van der Waals surface area (Å²) in [4.78, 5) is 46.3. The molecule has 50 heavy (non-hydrogen) atoms. The molecule has 0 bridgehead atoms. The fourth-order valence-corrected chi connectivity index (χ4v) is 6.49. The Bertz CT molecular complexity index is 1800. The van der Waals surface area contributed by atoms with E-state index in [2.05, 4.69) is 23.3 Å². The van der Waals surface area contributed by atoms with Crippen molar-refractivity contribution in [2.75, 3.05) is 51.4 Å². The van der Waals surface area contributed by atoms with Gasteiger partial charge in [-0.2, -0.15) is 23.5 Å². The van der Waals surface area contributed by atoms with Crippen LogP contribution in [0.3, 0.4) is 0 Å². The van der Waals surface area contributed by atoms with E-state index in [1.165, 1.54) is 20.5 Å². The molecule has 1 aromatic heterocycles. The number of likely N-dealkylation sites (tertiary alicyclic amines) is 1. The van der Waals surface area contributed by atoms with Gasteiger partial charge in [0.05, 0.1) is 43.2 Å². The number of anilines is 1. The summed E-state index contributed by atoms with van der Waals surface area (Å²) in [5.41, 5.74) is -0.323. The number of ether oxygens (including phenoxy) is 2. The number of nitrogens with zero attached hydrogens (tertiary/aromatic N) is 6. The van der Waals surface area contributed by atoms with Crippen LogP contribution in [0.4, 0.5) is 19.0 Å². The van der Waals surface area contributed by atoms with Crippen LogP contribution in [-0.2, 0) is 22.1 Å². The molecule has 4 heterocycles. The van der Waals surface area contributed by atoms with Gasteiger partial charge in [0, 0.05) is 43.2 Å². The maximum atomic E-state index is 14.0. The van der Waals surface area contributed by atoms with Gasteiger partial charge in [0.25, 0.3) is 17.7 Å². The molecule has 3 aliphatic rings. The number of hydrogen-bond acceptors (Lipinski definition) is 8. The van der Waals surface area contributed by atoms with Crippen molar-refractivity contribution in [2.45, 2.75) is 56.9 Å². The van der Waals surface area contributed by atoms with Crippen molar-refractivity contribution in [1.82, 2.24) is 24.9 Å². The number of likely N-dealkylation sites (N-methyl/N-ethyl adjacent to an activating group) is 2. The van der Waals surface area contributed by atoms with Crippen molar-refractivity contribution in [3.05, 3.63) is 70.9 Å². The summed E-state index contributed by atoms with van der Waals surface area (Å²) in [6.07, 6.45) is -2.85. The predicted molar refractivity (Wildman–Crippen MR) is 175 cm³/mol. The molecule has 0 aliphatic carbocycles. The second-order valence-corrected chi connectivity index (χ2v) is 12.6. The molecule has 0 unspecified atom stereocenters. The molecule has 0 radical (unpaired) electrons. The number of halogens is 3. The third-order valence-corrected chi connectivity index (χ3v) is 9.35. The number of hydrogen-bond donors (Lipinski definition) is 1. The molecule has 2 atom stereocenters. The zero-order chi connectivity index (χ0) is 35.6. The van der Waals surface area contributed by atoms with E-state index in [4.69, 9.17) is 14.6 Å². The number of nitriles is 1. The normalized spacial score (nSPS) is 19.3. The third kappa shape index (κ3) is 7.03. The van der Waals surface area contributed by atoms with Gasteiger partial charge in [-0.25, -0.2) is 4.68 Å². The third-order valence-electron chi connectivity index (χ3n) is 9.35. The van der Waals surface area contributed by atoms with Crippen LogP contribution >= 0.6 is 0 Å². The van der Waals surface area contributed by atoms with Crippen molar-refractivity contribution >= 4 is 23.5 Å². The Kier molecular flexibility index (Phi) is 10.1. The van der Waals surface area contributed by atoms with Crippen LogP contribution in [0.25, 0.3) is 5.69 Å². The lowest BCUT2D eigenvalue weighted by Gasteiger charge is -2.34. The molecule has 1 N–H and O–H groups in total. The largest absolute Gasteiger partial charge is 0.493 e. The highest BCUT2D eigenvalue weighted by atomic mass is 19.4. The summed E-state index contributed by atoms with van der Waals surface area (Å²) >= 11 is 0. The second-order valence-electron chi connectivity index (χ2n) is 12.6. The van der Waals surface area contributed by atoms with Crippen LogP contribution in [-0.4, -0.2) is 102 Å². The summed E-state index contributed by atoms with van der Waals surface area (Å²) < 4.78 is 52.9. The van der Waals surface area contributed by atoms with Crippen molar-refractivity contribution in [3.63, 3.8) is 0 Å². The van der Waals surface area contributed by atoms with Crippen LogP contribution < -0.4 is 15.0 Å². The van der Waals surface area contributed by atoms with Gasteiger partial charge in [-0.3, -0.25) is 24.2 Å². The van der Waals surface area contributed by atoms with E-state index in [1.54, 1.807) is 31.2 Å². The van der Waals surface area contributed by atoms with Crippen molar-refractivity contribution in [1.29, 1.82) is 5.26 Å². The molecule has 12 nitrogen and oxygen atoms in total. The average molecular weight is 694 g/mol. The van der Waals surface area contributed by atoms with Crippen molar-refractivity contribution in [3.8, 4) is 17.5 Å². The molecule has 3 aromatic rings. The minimum atomic E-state index is -4.66. The molecule has 2 fully saturated rings. The van der Waals surface area contributed by atoms with Gasteiger partial charge < -0.3 is 19.7 Å². The topological polar surface area (TPSA) is 133 Å². The Hall–Kier alpha value is -4.94. The lowest BCUT2D eigenvalue weighted by Crippen LogP contribution is -2.53. The van der Waals surface area contributed by atoms with Gasteiger partial charge >= 0.3 is 6.18 Å². The monoisotopic (exact) mass is 693 g/mol. The predicted octanol–water partition coefficient (Wildman–Crippen LogP) is 3.83. The number of amides is 3. The van der Waals surface area contributed by atoms with Gasteiger partial charge in [-0.05, 0) is 63.6 Å². The van der Waals surface area contributed by atoms with Crippen LogP contribution in [0.5, 0.6) is 5.75 Å². The quantitative estimate of drug-likeness (QED) is 0.300. The first-order valence-corrected chi connectivity index (χ1v) is 16.6. The summed E-state index contributed by atoms with van der Waals surface area (Å²) in [6.45, 7) is 4.99. The Morgan fingerprint density at radius 2 is 1.96 bits per heavy atom. The van der Waals surface area contributed by atoms with E-state index in [-0.39, 0.29) is 24.2 Å². The van der Waals surface area contributed by atoms with Gasteiger partial charge in [0.15, 0.2) is 5.69 Å². The number of carbonyl (C=O) groups is 3. The Morgan fingerprint density at radius 1 is 1.18 bits per heavy atom. The summed E-state index contributed by atoms with van der Waals surface area (Å²) in [5.74, 6) is -0.958. The molecule has 6 rings (SSSR count). The first-order valence-electron chi connectivity index (χ1n) is 16.6. The van der Waals surface area contributed by atoms with E-state index in [1.807, 2.05) is 0 Å². The minimum absolute atomic E-state index is 0.0285. The maximum absolute atomic E-state index is 14.0. The van der Waals surface area contributed by atoms with Crippen LogP contribution in [0, 0.1) is 11.3 Å². The van der Waals surface area contributed by atoms with Crippen molar-refractivity contribution < 1.29 is 37.0 Å². The Morgan fingerprint density at radius 3 is 2.66 bits per heavy atom.